The quantitative estimate of drug-likeness (QED) is 0.231. The van der Waals surface area contributed by atoms with E-state index in [0.29, 0.717) is 0 Å². The van der Waals surface area contributed by atoms with Crippen molar-refractivity contribution in [1.82, 2.24) is 0 Å². The van der Waals surface area contributed by atoms with Crippen LogP contribution >= 0.6 is 0 Å². The van der Waals surface area contributed by atoms with E-state index < -0.39 is 0 Å². The molecule has 0 aromatic heterocycles. The first-order valence-corrected chi connectivity index (χ1v) is 9.55. The lowest BCUT2D eigenvalue weighted by atomic mass is 10.0. The normalized spacial score (nSPS) is 11.2. The van der Waals surface area contributed by atoms with Gasteiger partial charge in [0.05, 0.1) is 27.2 Å². The summed E-state index contributed by atoms with van der Waals surface area (Å²) in [5, 5.41) is 0. The Labute approximate surface area is 147 Å². The third-order valence-corrected chi connectivity index (χ3v) is 4.49. The highest BCUT2D eigenvalue weighted by atomic mass is 35.5. The van der Waals surface area contributed by atoms with Crippen LogP contribution in [-0.2, 0) is 0 Å². The Bertz CT molecular complexity index is 226. The zero-order chi connectivity index (χ0) is 15.8. The third-order valence-electron chi connectivity index (χ3n) is 4.49. The molecule has 1 nitrogen and oxygen atoms in total. The molecule has 0 aromatic carbocycles. The summed E-state index contributed by atoms with van der Waals surface area (Å²) in [6.07, 6.45) is 20.8. The Morgan fingerprint density at radius 3 is 1.41 bits per heavy atom. The summed E-state index contributed by atoms with van der Waals surface area (Å²) in [6.45, 7) is 8.53. The van der Waals surface area contributed by atoms with Crippen LogP contribution in [0.3, 0.4) is 0 Å². The van der Waals surface area contributed by atoms with E-state index in [1.165, 1.54) is 90.0 Å². The van der Waals surface area contributed by atoms with Crippen LogP contribution in [-0.4, -0.2) is 31.7 Å². The average Bonchev–Trinajstić information content (AvgIpc) is 2.44. The maximum absolute atomic E-state index is 3.84. The van der Waals surface area contributed by atoms with Gasteiger partial charge in [-0.05, 0) is 18.9 Å². The number of unbranched alkanes of at least 4 members (excludes halogenated alkanes) is 12. The second-order valence-corrected chi connectivity index (χ2v) is 7.37. The van der Waals surface area contributed by atoms with Crippen molar-refractivity contribution in [3.63, 3.8) is 0 Å². The molecule has 0 saturated heterocycles. The minimum Gasteiger partial charge on any atom is -1.00 e. The zero-order valence-electron chi connectivity index (χ0n) is 15.7. The van der Waals surface area contributed by atoms with Crippen LogP contribution in [0.25, 0.3) is 0 Å². The van der Waals surface area contributed by atoms with Crippen molar-refractivity contribution in [2.24, 2.45) is 0 Å². The van der Waals surface area contributed by atoms with E-state index in [2.05, 4.69) is 27.6 Å². The van der Waals surface area contributed by atoms with Gasteiger partial charge in [-0.2, -0.15) is 0 Å². The molecular formula is C20H42ClN. The summed E-state index contributed by atoms with van der Waals surface area (Å²) in [7, 11) is 4.62. The molecular weight excluding hydrogens is 290 g/mol. The highest BCUT2D eigenvalue weighted by molar-refractivity contribution is 4.64. The van der Waals surface area contributed by atoms with Crippen molar-refractivity contribution in [3.8, 4) is 0 Å². The van der Waals surface area contributed by atoms with Crippen molar-refractivity contribution < 1.29 is 16.9 Å². The lowest BCUT2D eigenvalue weighted by Gasteiger charge is -2.28. The molecule has 0 unspecified atom stereocenters. The smallest absolute Gasteiger partial charge is 0.0966 e. The van der Waals surface area contributed by atoms with E-state index in [9.17, 15) is 0 Å². The fourth-order valence-electron chi connectivity index (χ4n) is 3.00. The maximum Gasteiger partial charge on any atom is 0.0966 e. The lowest BCUT2D eigenvalue weighted by Crippen LogP contribution is -3.00. The Kier molecular flexibility index (Phi) is 19.1. The van der Waals surface area contributed by atoms with Gasteiger partial charge in [0.15, 0.2) is 0 Å². The molecule has 0 fully saturated rings. The molecule has 134 valence electrons. The SMILES string of the molecule is C=CC[N+](C)(C)CCCCCCCCCCCCCCC.[Cl-]. The summed E-state index contributed by atoms with van der Waals surface area (Å²) in [5.74, 6) is 0. The van der Waals surface area contributed by atoms with Gasteiger partial charge in [0.25, 0.3) is 0 Å². The van der Waals surface area contributed by atoms with Gasteiger partial charge in [0, 0.05) is 0 Å². The Balaban J connectivity index is 0. The molecule has 0 N–H and O–H groups in total. The Hall–Kier alpha value is -0.0100. The molecule has 0 atom stereocenters. The molecule has 0 aliphatic heterocycles. The van der Waals surface area contributed by atoms with E-state index in [1.807, 2.05) is 6.08 Å². The summed E-state index contributed by atoms with van der Waals surface area (Å²) in [6, 6.07) is 0. The van der Waals surface area contributed by atoms with Gasteiger partial charge in [0.2, 0.25) is 0 Å². The number of halogens is 1. The van der Waals surface area contributed by atoms with Crippen LogP contribution in [0.2, 0.25) is 0 Å². The fourth-order valence-corrected chi connectivity index (χ4v) is 3.00. The highest BCUT2D eigenvalue weighted by Gasteiger charge is 2.10. The first-order valence-electron chi connectivity index (χ1n) is 9.55. The van der Waals surface area contributed by atoms with Gasteiger partial charge in [0.1, 0.15) is 0 Å². The molecule has 0 radical (unpaired) electrons. The second kappa shape index (κ2) is 17.3. The number of likely N-dealkylation sites (N-methyl/N-ethyl adjacent to an activating group) is 1. The third kappa shape index (κ3) is 18.0. The van der Waals surface area contributed by atoms with Crippen molar-refractivity contribution >= 4 is 0 Å². The van der Waals surface area contributed by atoms with Crippen molar-refractivity contribution in [2.45, 2.75) is 90.4 Å². The van der Waals surface area contributed by atoms with E-state index in [1.54, 1.807) is 0 Å². The van der Waals surface area contributed by atoms with E-state index in [0.717, 1.165) is 11.0 Å². The largest absolute Gasteiger partial charge is 1.00 e. The average molecular weight is 332 g/mol. The first-order chi connectivity index (χ1) is 10.1. The number of hydrogen-bond acceptors (Lipinski definition) is 0. The summed E-state index contributed by atoms with van der Waals surface area (Å²) in [4.78, 5) is 0. The molecule has 0 saturated carbocycles. The van der Waals surface area contributed by atoms with Crippen LogP contribution in [0.4, 0.5) is 0 Å². The van der Waals surface area contributed by atoms with Gasteiger partial charge in [-0.3, -0.25) is 0 Å². The zero-order valence-corrected chi connectivity index (χ0v) is 16.5. The molecule has 0 amide bonds. The van der Waals surface area contributed by atoms with Crippen LogP contribution in [0, 0.1) is 0 Å². The van der Waals surface area contributed by atoms with Gasteiger partial charge in [-0.25, -0.2) is 0 Å². The van der Waals surface area contributed by atoms with Crippen molar-refractivity contribution in [3.05, 3.63) is 12.7 Å². The number of nitrogens with zero attached hydrogens (tertiary/aromatic N) is 1. The predicted octanol–water partition coefficient (Wildman–Crippen LogP) is 3.34. The monoisotopic (exact) mass is 331 g/mol. The summed E-state index contributed by atoms with van der Waals surface area (Å²) >= 11 is 0. The van der Waals surface area contributed by atoms with Crippen LogP contribution in [0.15, 0.2) is 12.7 Å². The molecule has 0 aliphatic carbocycles. The van der Waals surface area contributed by atoms with Crippen molar-refractivity contribution in [2.75, 3.05) is 27.2 Å². The molecule has 0 bridgehead atoms. The lowest BCUT2D eigenvalue weighted by molar-refractivity contribution is -0.884. The van der Waals surface area contributed by atoms with Crippen LogP contribution < -0.4 is 12.4 Å². The molecule has 2 heteroatoms. The molecule has 0 heterocycles. The molecule has 0 spiro atoms. The van der Waals surface area contributed by atoms with Crippen LogP contribution in [0.5, 0.6) is 0 Å². The number of hydrogen-bond donors (Lipinski definition) is 0. The van der Waals surface area contributed by atoms with E-state index in [4.69, 9.17) is 0 Å². The van der Waals surface area contributed by atoms with E-state index in [-0.39, 0.29) is 12.4 Å². The molecule has 0 rings (SSSR count). The van der Waals surface area contributed by atoms with Gasteiger partial charge in [-0.1, -0.05) is 84.1 Å². The Morgan fingerprint density at radius 1 is 0.682 bits per heavy atom. The first kappa shape index (κ1) is 24.2. The van der Waals surface area contributed by atoms with Gasteiger partial charge in [-0.15, -0.1) is 0 Å². The highest BCUT2D eigenvalue weighted by Crippen LogP contribution is 2.13. The maximum atomic E-state index is 3.84. The topological polar surface area (TPSA) is 0 Å². The number of rotatable bonds is 16. The van der Waals surface area contributed by atoms with E-state index >= 15 is 0 Å². The predicted molar refractivity (Wildman–Crippen MR) is 97.7 cm³/mol. The Morgan fingerprint density at radius 2 is 1.05 bits per heavy atom. The minimum atomic E-state index is 0. The molecule has 0 aromatic rings. The standard InChI is InChI=1S/C20H42N.ClH/c1-5-7-8-9-10-11-12-13-14-15-16-17-18-20-21(3,4)19-6-2;/h6H,2,5,7-20H2,1,3-4H3;1H/q+1;/p-1. The summed E-state index contributed by atoms with van der Waals surface area (Å²) in [5.41, 5.74) is 0. The second-order valence-electron chi connectivity index (χ2n) is 7.37. The molecule has 0 aliphatic rings. The summed E-state index contributed by atoms with van der Waals surface area (Å²) < 4.78 is 1.10. The van der Waals surface area contributed by atoms with Crippen molar-refractivity contribution in [1.29, 1.82) is 0 Å². The van der Waals surface area contributed by atoms with Crippen LogP contribution in [0.1, 0.15) is 90.4 Å². The minimum absolute atomic E-state index is 0. The molecule has 22 heavy (non-hydrogen) atoms. The van der Waals surface area contributed by atoms with Gasteiger partial charge >= 0.3 is 0 Å². The van der Waals surface area contributed by atoms with Gasteiger partial charge < -0.3 is 16.9 Å². The number of quaternary nitrogens is 1. The fraction of sp³-hybridized carbons (Fsp3) is 0.900.